The first kappa shape index (κ1) is 14.5. The second-order valence-electron chi connectivity index (χ2n) is 3.33. The van der Waals surface area contributed by atoms with E-state index in [1.165, 1.54) is 18.2 Å². The van der Waals surface area contributed by atoms with E-state index in [0.717, 1.165) is 0 Å². The summed E-state index contributed by atoms with van der Waals surface area (Å²) in [6.07, 6.45) is 0.422. The molecule has 1 aromatic carbocycles. The molecular formula is C12H11ClN2O2S. The highest BCUT2D eigenvalue weighted by atomic mass is 35.5. The van der Waals surface area contributed by atoms with Gasteiger partial charge >= 0.3 is 0 Å². The molecule has 1 rings (SSSR count). The Labute approximate surface area is 112 Å². The first-order chi connectivity index (χ1) is 8.51. The zero-order valence-corrected chi connectivity index (χ0v) is 11.3. The van der Waals surface area contributed by atoms with Crippen LogP contribution in [0.15, 0.2) is 23.1 Å². The van der Waals surface area contributed by atoms with E-state index < -0.39 is 10.0 Å². The molecule has 1 N–H and O–H groups in total. The second kappa shape index (κ2) is 6.42. The van der Waals surface area contributed by atoms with E-state index in [1.54, 1.807) is 6.92 Å². The fourth-order valence-corrected chi connectivity index (χ4v) is 2.78. The lowest BCUT2D eigenvalue weighted by molar-refractivity contribution is 0.582. The van der Waals surface area contributed by atoms with Crippen LogP contribution in [0.1, 0.15) is 18.9 Å². The molecule has 0 heterocycles. The van der Waals surface area contributed by atoms with Gasteiger partial charge in [0.1, 0.15) is 4.90 Å². The number of nitrogens with one attached hydrogen (secondary N) is 1. The minimum Gasteiger partial charge on any atom is -0.210 e. The number of halogens is 1. The summed E-state index contributed by atoms with van der Waals surface area (Å²) < 4.78 is 26.2. The summed E-state index contributed by atoms with van der Waals surface area (Å²) >= 11 is 5.82. The third kappa shape index (κ3) is 3.75. The van der Waals surface area contributed by atoms with Crippen molar-refractivity contribution in [2.75, 3.05) is 6.54 Å². The van der Waals surface area contributed by atoms with E-state index in [9.17, 15) is 8.42 Å². The van der Waals surface area contributed by atoms with Crippen molar-refractivity contribution in [1.82, 2.24) is 4.72 Å². The molecule has 0 aliphatic heterocycles. The van der Waals surface area contributed by atoms with Crippen LogP contribution in [-0.4, -0.2) is 15.0 Å². The Morgan fingerprint density at radius 1 is 1.44 bits per heavy atom. The molecule has 0 aliphatic rings. The van der Waals surface area contributed by atoms with Crippen molar-refractivity contribution >= 4 is 21.6 Å². The molecule has 0 saturated carbocycles. The van der Waals surface area contributed by atoms with E-state index in [0.29, 0.717) is 6.42 Å². The fourth-order valence-electron chi connectivity index (χ4n) is 1.23. The summed E-state index contributed by atoms with van der Waals surface area (Å²) in [5.41, 5.74) is 0.244. The molecule has 0 unspecified atom stereocenters. The smallest absolute Gasteiger partial charge is 0.210 e. The summed E-state index contributed by atoms with van der Waals surface area (Å²) in [7, 11) is -3.70. The maximum absolute atomic E-state index is 11.9. The van der Waals surface area contributed by atoms with Crippen LogP contribution in [0.4, 0.5) is 0 Å². The molecule has 4 nitrogen and oxygen atoms in total. The predicted octanol–water partition coefficient (Wildman–Crippen LogP) is 1.90. The summed E-state index contributed by atoms with van der Waals surface area (Å²) in [4.78, 5) is -0.0901. The first-order valence-corrected chi connectivity index (χ1v) is 6.96. The predicted molar refractivity (Wildman–Crippen MR) is 69.4 cm³/mol. The fraction of sp³-hybridized carbons (Fsp3) is 0.250. The van der Waals surface area contributed by atoms with Gasteiger partial charge in [0.15, 0.2) is 0 Å². The number of hydrogen-bond donors (Lipinski definition) is 1. The quantitative estimate of drug-likeness (QED) is 0.677. The Morgan fingerprint density at radius 2 is 2.17 bits per heavy atom. The highest BCUT2D eigenvalue weighted by molar-refractivity contribution is 7.89. The second-order valence-corrected chi connectivity index (χ2v) is 5.47. The molecule has 0 fully saturated rings. The normalized spacial score (nSPS) is 10.3. The average molecular weight is 283 g/mol. The van der Waals surface area contributed by atoms with Gasteiger partial charge in [-0.15, -0.1) is 11.8 Å². The molecule has 0 aliphatic carbocycles. The maximum atomic E-state index is 11.9. The molecule has 94 valence electrons. The SMILES string of the molecule is CC#CCCNS(=O)(=O)c1cc(C#N)ccc1Cl. The largest absolute Gasteiger partial charge is 0.242 e. The van der Waals surface area contributed by atoms with Gasteiger partial charge < -0.3 is 0 Å². The van der Waals surface area contributed by atoms with Gasteiger partial charge in [0.2, 0.25) is 10.0 Å². The Kier molecular flexibility index (Phi) is 5.18. The molecule has 18 heavy (non-hydrogen) atoms. The zero-order valence-electron chi connectivity index (χ0n) is 9.70. The lowest BCUT2D eigenvalue weighted by Crippen LogP contribution is -2.25. The number of rotatable bonds is 4. The highest BCUT2D eigenvalue weighted by Gasteiger charge is 2.17. The third-order valence-corrected chi connectivity index (χ3v) is 4.01. The molecule has 0 bridgehead atoms. The molecule has 0 spiro atoms. The lowest BCUT2D eigenvalue weighted by atomic mass is 10.2. The van der Waals surface area contributed by atoms with E-state index in [4.69, 9.17) is 16.9 Å². The lowest BCUT2D eigenvalue weighted by Gasteiger charge is -2.07. The van der Waals surface area contributed by atoms with Crippen LogP contribution in [0.3, 0.4) is 0 Å². The van der Waals surface area contributed by atoms with Crippen molar-refractivity contribution in [1.29, 1.82) is 5.26 Å². The third-order valence-electron chi connectivity index (χ3n) is 2.07. The first-order valence-electron chi connectivity index (χ1n) is 5.10. The Balaban J connectivity index is 2.97. The van der Waals surface area contributed by atoms with Crippen molar-refractivity contribution in [3.63, 3.8) is 0 Å². The standard InChI is InChI=1S/C12H11ClN2O2S/c1-2-3-4-7-15-18(16,17)12-8-10(9-14)5-6-11(12)13/h5-6,8,15H,4,7H2,1H3. The van der Waals surface area contributed by atoms with Crippen LogP contribution < -0.4 is 4.72 Å². The van der Waals surface area contributed by atoms with Gasteiger partial charge in [-0.2, -0.15) is 5.26 Å². The monoisotopic (exact) mass is 282 g/mol. The van der Waals surface area contributed by atoms with Crippen LogP contribution in [0.2, 0.25) is 5.02 Å². The molecule has 0 amide bonds. The number of nitriles is 1. The van der Waals surface area contributed by atoms with Gasteiger partial charge in [-0.25, -0.2) is 13.1 Å². The Morgan fingerprint density at radius 3 is 2.78 bits per heavy atom. The Bertz CT molecular complexity index is 636. The maximum Gasteiger partial charge on any atom is 0.242 e. The summed E-state index contributed by atoms with van der Waals surface area (Å²) in [5, 5.41) is 8.82. The van der Waals surface area contributed by atoms with Crippen LogP contribution >= 0.6 is 11.6 Å². The number of benzene rings is 1. The summed E-state index contributed by atoms with van der Waals surface area (Å²) in [6, 6.07) is 5.97. The van der Waals surface area contributed by atoms with E-state index >= 15 is 0 Å². The summed E-state index contributed by atoms with van der Waals surface area (Å²) in [5.74, 6) is 5.42. The molecule has 0 aromatic heterocycles. The average Bonchev–Trinajstić information content (AvgIpc) is 2.35. The molecule has 1 aromatic rings. The highest BCUT2D eigenvalue weighted by Crippen LogP contribution is 2.22. The van der Waals surface area contributed by atoms with Gasteiger partial charge in [0.25, 0.3) is 0 Å². The number of hydrogen-bond acceptors (Lipinski definition) is 3. The minimum atomic E-state index is -3.70. The van der Waals surface area contributed by atoms with Gasteiger partial charge in [0.05, 0.1) is 16.7 Å². The minimum absolute atomic E-state index is 0.0862. The zero-order chi connectivity index (χ0) is 13.6. The molecule has 6 heteroatoms. The van der Waals surface area contributed by atoms with Crippen LogP contribution in [-0.2, 0) is 10.0 Å². The van der Waals surface area contributed by atoms with Crippen LogP contribution in [0.5, 0.6) is 0 Å². The van der Waals surface area contributed by atoms with Gasteiger partial charge in [-0.1, -0.05) is 11.6 Å². The van der Waals surface area contributed by atoms with E-state index in [1.807, 2.05) is 6.07 Å². The Hall–Kier alpha value is -1.53. The van der Waals surface area contributed by atoms with Gasteiger partial charge in [0, 0.05) is 13.0 Å². The van der Waals surface area contributed by atoms with Gasteiger partial charge in [-0.3, -0.25) is 0 Å². The molecule has 0 radical (unpaired) electrons. The van der Waals surface area contributed by atoms with Crippen molar-refractivity contribution in [3.05, 3.63) is 28.8 Å². The van der Waals surface area contributed by atoms with Crippen molar-refractivity contribution in [2.45, 2.75) is 18.2 Å². The van der Waals surface area contributed by atoms with Crippen molar-refractivity contribution in [2.24, 2.45) is 0 Å². The number of nitrogens with zero attached hydrogens (tertiary/aromatic N) is 1. The molecular weight excluding hydrogens is 272 g/mol. The molecule has 0 saturated heterocycles. The topological polar surface area (TPSA) is 70.0 Å². The van der Waals surface area contributed by atoms with Crippen LogP contribution in [0, 0.1) is 23.2 Å². The van der Waals surface area contributed by atoms with Crippen molar-refractivity contribution in [3.8, 4) is 17.9 Å². The van der Waals surface area contributed by atoms with Crippen molar-refractivity contribution < 1.29 is 8.42 Å². The van der Waals surface area contributed by atoms with E-state index in [-0.39, 0.29) is 22.0 Å². The summed E-state index contributed by atoms with van der Waals surface area (Å²) in [6.45, 7) is 1.89. The van der Waals surface area contributed by atoms with E-state index in [2.05, 4.69) is 16.6 Å². The molecule has 0 atom stereocenters. The van der Waals surface area contributed by atoms with Gasteiger partial charge in [-0.05, 0) is 25.1 Å². The van der Waals surface area contributed by atoms with Crippen LogP contribution in [0.25, 0.3) is 0 Å². The number of sulfonamides is 1.